The van der Waals surface area contributed by atoms with Crippen molar-refractivity contribution in [3.8, 4) is 0 Å². The molecule has 4 rings (SSSR count). The number of rotatable bonds is 5. The second-order valence-corrected chi connectivity index (χ2v) is 7.14. The third kappa shape index (κ3) is 4.03. The number of nitrogens with zero attached hydrogens (tertiary/aromatic N) is 4. The van der Waals surface area contributed by atoms with Gasteiger partial charge in [-0.15, -0.1) is 0 Å². The van der Waals surface area contributed by atoms with Gasteiger partial charge in [-0.25, -0.2) is 4.39 Å². The predicted octanol–water partition coefficient (Wildman–Crippen LogP) is 2.95. The number of aromatic nitrogens is 2. The van der Waals surface area contributed by atoms with Crippen LogP contribution < -0.4 is 0 Å². The summed E-state index contributed by atoms with van der Waals surface area (Å²) in [6.45, 7) is 1.73. The van der Waals surface area contributed by atoms with Crippen molar-refractivity contribution in [3.05, 3.63) is 89.0 Å². The predicted molar refractivity (Wildman–Crippen MR) is 106 cm³/mol. The van der Waals surface area contributed by atoms with Crippen LogP contribution in [0.5, 0.6) is 0 Å². The molecule has 7 heteroatoms. The third-order valence-corrected chi connectivity index (χ3v) is 4.96. The maximum Gasteiger partial charge on any atom is 0.274 e. The minimum absolute atomic E-state index is 0.210. The third-order valence-electron chi connectivity index (χ3n) is 4.96. The first kappa shape index (κ1) is 18.9. The van der Waals surface area contributed by atoms with Gasteiger partial charge in [-0.3, -0.25) is 14.3 Å². The molecular weight excluding hydrogens is 371 g/mol. The summed E-state index contributed by atoms with van der Waals surface area (Å²) in [5, 5.41) is 4.34. The monoisotopic (exact) mass is 392 g/mol. The van der Waals surface area contributed by atoms with E-state index in [4.69, 9.17) is 0 Å². The van der Waals surface area contributed by atoms with E-state index in [0.29, 0.717) is 31.9 Å². The first-order chi connectivity index (χ1) is 14.0. The lowest BCUT2D eigenvalue weighted by Crippen LogP contribution is -2.39. The number of benzene rings is 2. The van der Waals surface area contributed by atoms with Crippen molar-refractivity contribution in [2.24, 2.45) is 0 Å². The van der Waals surface area contributed by atoms with Crippen LogP contribution in [0.1, 0.15) is 32.1 Å². The molecule has 0 bridgehead atoms. The molecule has 29 heavy (non-hydrogen) atoms. The number of fused-ring (bicyclic) bond motifs is 1. The van der Waals surface area contributed by atoms with Gasteiger partial charge in [-0.05, 0) is 23.3 Å². The summed E-state index contributed by atoms with van der Waals surface area (Å²) in [6, 6.07) is 17.4. The van der Waals surface area contributed by atoms with E-state index in [1.54, 1.807) is 39.7 Å². The number of halogens is 1. The zero-order chi connectivity index (χ0) is 20.4. The van der Waals surface area contributed by atoms with Crippen LogP contribution in [0.2, 0.25) is 0 Å². The van der Waals surface area contributed by atoms with Gasteiger partial charge >= 0.3 is 0 Å². The minimum Gasteiger partial charge on any atom is -0.336 e. The molecule has 0 spiro atoms. The average molecular weight is 392 g/mol. The molecule has 0 radical (unpaired) electrons. The van der Waals surface area contributed by atoms with Crippen molar-refractivity contribution in [3.63, 3.8) is 0 Å². The van der Waals surface area contributed by atoms with Gasteiger partial charge in [-0.2, -0.15) is 5.10 Å². The highest BCUT2D eigenvalue weighted by atomic mass is 19.1. The van der Waals surface area contributed by atoms with Crippen LogP contribution in [0, 0.1) is 5.82 Å². The maximum atomic E-state index is 13.4. The fourth-order valence-corrected chi connectivity index (χ4v) is 3.47. The highest BCUT2D eigenvalue weighted by Crippen LogP contribution is 2.18. The SMILES string of the molecule is CN(Cc1ccccc1)C(=O)c1cc2n(n1)CCN(Cc1cccc(F)c1)C2=O. The molecule has 1 aliphatic rings. The Morgan fingerprint density at radius 3 is 2.59 bits per heavy atom. The van der Waals surface area contributed by atoms with E-state index in [2.05, 4.69) is 5.10 Å². The van der Waals surface area contributed by atoms with Crippen molar-refractivity contribution in [1.29, 1.82) is 0 Å². The lowest BCUT2D eigenvalue weighted by atomic mass is 10.1. The van der Waals surface area contributed by atoms with E-state index >= 15 is 0 Å². The highest BCUT2D eigenvalue weighted by Gasteiger charge is 2.28. The molecule has 1 aromatic heterocycles. The van der Waals surface area contributed by atoms with Crippen LogP contribution >= 0.6 is 0 Å². The Labute approximate surface area is 168 Å². The largest absolute Gasteiger partial charge is 0.336 e. The van der Waals surface area contributed by atoms with Gasteiger partial charge in [0.1, 0.15) is 11.5 Å². The summed E-state index contributed by atoms with van der Waals surface area (Å²) in [5.74, 6) is -0.774. The molecule has 0 aliphatic carbocycles. The second-order valence-electron chi connectivity index (χ2n) is 7.14. The molecule has 1 aliphatic heterocycles. The van der Waals surface area contributed by atoms with Crippen molar-refractivity contribution >= 4 is 11.8 Å². The van der Waals surface area contributed by atoms with E-state index in [0.717, 1.165) is 11.1 Å². The Morgan fingerprint density at radius 2 is 1.83 bits per heavy atom. The number of carbonyl (C=O) groups excluding carboxylic acids is 2. The second kappa shape index (κ2) is 7.87. The number of hydrogen-bond donors (Lipinski definition) is 0. The molecule has 6 nitrogen and oxygen atoms in total. The van der Waals surface area contributed by atoms with Crippen LogP contribution in [0.4, 0.5) is 4.39 Å². The maximum absolute atomic E-state index is 13.4. The van der Waals surface area contributed by atoms with Crippen LogP contribution in [0.25, 0.3) is 0 Å². The molecular formula is C22H21FN4O2. The first-order valence-electron chi connectivity index (χ1n) is 9.42. The van der Waals surface area contributed by atoms with Crippen LogP contribution in [-0.2, 0) is 19.6 Å². The molecule has 148 valence electrons. The van der Waals surface area contributed by atoms with Gasteiger partial charge in [0.25, 0.3) is 11.8 Å². The summed E-state index contributed by atoms with van der Waals surface area (Å²) >= 11 is 0. The normalized spacial score (nSPS) is 13.3. The smallest absolute Gasteiger partial charge is 0.274 e. The topological polar surface area (TPSA) is 58.4 Å². The number of carbonyl (C=O) groups is 2. The standard InChI is InChI=1S/C22H21FN4O2/c1-25(14-16-6-3-2-4-7-16)21(28)19-13-20-22(29)26(10-11-27(20)24-19)15-17-8-5-9-18(23)12-17/h2-9,12-13H,10-11,14-15H2,1H3. The summed E-state index contributed by atoms with van der Waals surface area (Å²) in [6.07, 6.45) is 0. The molecule has 3 aromatic rings. The van der Waals surface area contributed by atoms with Crippen LogP contribution in [-0.4, -0.2) is 45.0 Å². The summed E-state index contributed by atoms with van der Waals surface area (Å²) in [4.78, 5) is 28.8. The van der Waals surface area contributed by atoms with E-state index < -0.39 is 0 Å². The zero-order valence-corrected chi connectivity index (χ0v) is 16.1. The molecule has 0 saturated heterocycles. The molecule has 0 fully saturated rings. The quantitative estimate of drug-likeness (QED) is 0.671. The number of hydrogen-bond acceptors (Lipinski definition) is 3. The first-order valence-corrected chi connectivity index (χ1v) is 9.42. The summed E-state index contributed by atoms with van der Waals surface area (Å²) < 4.78 is 15.0. The molecule has 0 atom stereocenters. The Bertz CT molecular complexity index is 1050. The van der Waals surface area contributed by atoms with Gasteiger partial charge < -0.3 is 9.80 Å². The van der Waals surface area contributed by atoms with E-state index in [1.807, 2.05) is 30.3 Å². The lowest BCUT2D eigenvalue weighted by Gasteiger charge is -2.27. The Hall–Kier alpha value is -3.48. The zero-order valence-electron chi connectivity index (χ0n) is 16.1. The van der Waals surface area contributed by atoms with Gasteiger partial charge in [0.15, 0.2) is 5.69 Å². The molecule has 0 unspecified atom stereocenters. The van der Waals surface area contributed by atoms with Crippen molar-refractivity contribution in [2.45, 2.75) is 19.6 Å². The van der Waals surface area contributed by atoms with E-state index in [1.165, 1.54) is 12.1 Å². The van der Waals surface area contributed by atoms with Gasteiger partial charge in [0.2, 0.25) is 0 Å². The van der Waals surface area contributed by atoms with Crippen LogP contribution in [0.15, 0.2) is 60.7 Å². The summed E-state index contributed by atoms with van der Waals surface area (Å²) in [5.41, 5.74) is 2.37. The molecule has 2 amide bonds. The average Bonchev–Trinajstić information content (AvgIpc) is 3.15. The fourth-order valence-electron chi connectivity index (χ4n) is 3.47. The molecule has 2 heterocycles. The van der Waals surface area contributed by atoms with E-state index in [-0.39, 0.29) is 23.3 Å². The van der Waals surface area contributed by atoms with Crippen molar-refractivity contribution in [2.75, 3.05) is 13.6 Å². The van der Waals surface area contributed by atoms with Crippen molar-refractivity contribution in [1.82, 2.24) is 19.6 Å². The van der Waals surface area contributed by atoms with Gasteiger partial charge in [0.05, 0.1) is 6.54 Å². The fraction of sp³-hybridized carbons (Fsp3) is 0.227. The Kier molecular flexibility index (Phi) is 5.12. The lowest BCUT2D eigenvalue weighted by molar-refractivity contribution is 0.0681. The molecule has 2 aromatic carbocycles. The van der Waals surface area contributed by atoms with Gasteiger partial charge in [0, 0.05) is 32.7 Å². The molecule has 0 saturated carbocycles. The van der Waals surface area contributed by atoms with Gasteiger partial charge in [-0.1, -0.05) is 42.5 Å². The Balaban J connectivity index is 1.48. The minimum atomic E-state index is -0.327. The number of amides is 2. The molecule has 0 N–H and O–H groups in total. The van der Waals surface area contributed by atoms with Crippen molar-refractivity contribution < 1.29 is 14.0 Å². The Morgan fingerprint density at radius 1 is 1.07 bits per heavy atom. The van der Waals surface area contributed by atoms with E-state index in [9.17, 15) is 14.0 Å². The summed E-state index contributed by atoms with van der Waals surface area (Å²) in [7, 11) is 1.71. The highest BCUT2D eigenvalue weighted by molar-refractivity contribution is 5.98. The van der Waals surface area contributed by atoms with Crippen LogP contribution in [0.3, 0.4) is 0 Å².